The third-order valence-corrected chi connectivity index (χ3v) is 1.27. The number of rotatable bonds is 5. The van der Waals surface area contributed by atoms with Gasteiger partial charge in [-0.3, -0.25) is 4.99 Å². The number of ether oxygens (including phenoxy) is 1. The molecule has 0 aliphatic rings. The van der Waals surface area contributed by atoms with E-state index in [0.29, 0.717) is 6.42 Å². The van der Waals surface area contributed by atoms with Crippen LogP contribution in [0.3, 0.4) is 0 Å². The van der Waals surface area contributed by atoms with Gasteiger partial charge in [0.2, 0.25) is 0 Å². The van der Waals surface area contributed by atoms with Crippen molar-refractivity contribution >= 4 is 5.90 Å². The summed E-state index contributed by atoms with van der Waals surface area (Å²) in [5, 5.41) is 20.8. The molecule has 0 radical (unpaired) electrons. The largest absolute Gasteiger partial charge is 2.00 e. The van der Waals surface area contributed by atoms with E-state index in [4.69, 9.17) is 0 Å². The average Bonchev–Trinajstić information content (AvgIpc) is 2.13. The average molecular weight is 291 g/mol. The Balaban J connectivity index is 0. The van der Waals surface area contributed by atoms with Gasteiger partial charge in [-0.2, -0.15) is 13.2 Å². The van der Waals surface area contributed by atoms with Gasteiger partial charge in [0, 0.05) is 6.20 Å². The Bertz CT molecular complexity index is 253. The van der Waals surface area contributed by atoms with Gasteiger partial charge in [-0.1, -0.05) is 13.3 Å². The Morgan fingerprint density at radius 2 is 1.94 bits per heavy atom. The van der Waals surface area contributed by atoms with Gasteiger partial charge in [0.05, 0.1) is 11.8 Å². The molecule has 0 saturated heterocycles. The minimum absolute atomic E-state index is 0. The molecule has 0 fully saturated rings. The van der Waals surface area contributed by atoms with E-state index >= 15 is 0 Å². The third kappa shape index (κ3) is 8.53. The zero-order valence-electron chi connectivity index (χ0n) is 8.71. The molecule has 16 heavy (non-hydrogen) atoms. The van der Waals surface area contributed by atoms with Crippen LogP contribution in [0.25, 0.3) is 0 Å². The normalized spacial score (nSPS) is 13.2. The van der Waals surface area contributed by atoms with Crippen LogP contribution in [0.4, 0.5) is 13.2 Å². The number of halogens is 3. The van der Waals surface area contributed by atoms with E-state index in [1.54, 1.807) is 0 Å². The molecule has 0 unspecified atom stereocenters. The van der Waals surface area contributed by atoms with Gasteiger partial charge in [0.1, 0.15) is 0 Å². The van der Waals surface area contributed by atoms with E-state index < -0.39 is 18.0 Å². The maximum Gasteiger partial charge on any atom is 2.00 e. The second-order valence-corrected chi connectivity index (χ2v) is 2.58. The molecule has 0 aliphatic heterocycles. The molecule has 0 N–H and O–H groups in total. The summed E-state index contributed by atoms with van der Waals surface area (Å²) >= 11 is 0. The van der Waals surface area contributed by atoms with E-state index in [0.717, 1.165) is 6.42 Å². The summed E-state index contributed by atoms with van der Waals surface area (Å²) in [6, 6.07) is 0. The Morgan fingerprint density at radius 3 is 2.38 bits per heavy atom. The van der Waals surface area contributed by atoms with Crippen molar-refractivity contribution in [2.45, 2.75) is 25.9 Å². The molecule has 0 heterocycles. The molecule has 0 spiro atoms. The number of alkyl halides is 3. The third-order valence-electron chi connectivity index (χ3n) is 1.27. The zero-order chi connectivity index (χ0) is 11.9. The minimum Gasteiger partial charge on any atom is -0.855 e. The molecule has 0 aromatic carbocycles. The summed E-state index contributed by atoms with van der Waals surface area (Å²) in [7, 11) is 0. The maximum absolute atomic E-state index is 11.6. The van der Waals surface area contributed by atoms with Gasteiger partial charge < -0.3 is 14.9 Å². The van der Waals surface area contributed by atoms with Crippen LogP contribution < -0.4 is 10.2 Å². The molecule has 0 amide bonds. The van der Waals surface area contributed by atoms with Crippen molar-refractivity contribution in [2.75, 3.05) is 6.61 Å². The van der Waals surface area contributed by atoms with E-state index in [-0.39, 0.29) is 32.3 Å². The maximum atomic E-state index is 11.6. The molecule has 0 saturated carbocycles. The molecule has 0 aliphatic carbocycles. The van der Waals surface area contributed by atoms with E-state index in [2.05, 4.69) is 9.73 Å². The van der Waals surface area contributed by atoms with E-state index in [1.165, 1.54) is 0 Å². The predicted molar refractivity (Wildman–Crippen MR) is 42.4 cm³/mol. The van der Waals surface area contributed by atoms with E-state index in [9.17, 15) is 23.4 Å². The van der Waals surface area contributed by atoms with Gasteiger partial charge in [-0.15, -0.1) is 0 Å². The second-order valence-electron chi connectivity index (χ2n) is 2.58. The standard InChI is InChI=1S/C8H12F3NO3.Zn/c1-2-3-4-15-6(13)5-12-7(14)8(9,10)11;/h5,13H,2-4H2,1H3,(H,12,14);/q;+2/p-2/b6-5+;. The summed E-state index contributed by atoms with van der Waals surface area (Å²) in [4.78, 5) is 2.41. The van der Waals surface area contributed by atoms with Crippen LogP contribution in [0.2, 0.25) is 0 Å². The van der Waals surface area contributed by atoms with Gasteiger partial charge >= 0.3 is 25.7 Å². The van der Waals surface area contributed by atoms with Crippen molar-refractivity contribution in [3.8, 4) is 0 Å². The topological polar surface area (TPSA) is 67.7 Å². The molecule has 8 heteroatoms. The van der Waals surface area contributed by atoms with Crippen molar-refractivity contribution in [2.24, 2.45) is 4.99 Å². The Morgan fingerprint density at radius 1 is 1.38 bits per heavy atom. The van der Waals surface area contributed by atoms with Gasteiger partial charge in [-0.25, -0.2) is 0 Å². The Labute approximate surface area is 104 Å². The summed E-state index contributed by atoms with van der Waals surface area (Å²) < 4.78 is 39.2. The van der Waals surface area contributed by atoms with Crippen LogP contribution in [0.5, 0.6) is 0 Å². The van der Waals surface area contributed by atoms with Crippen molar-refractivity contribution in [1.82, 2.24) is 0 Å². The van der Waals surface area contributed by atoms with Crippen LogP contribution in [-0.2, 0) is 24.2 Å². The van der Waals surface area contributed by atoms with Crippen molar-refractivity contribution in [3.63, 3.8) is 0 Å². The minimum atomic E-state index is -5.06. The number of nitrogens with zero attached hydrogens (tertiary/aromatic N) is 1. The summed E-state index contributed by atoms with van der Waals surface area (Å²) in [5.41, 5.74) is 0. The Hall–Kier alpha value is -0.777. The molecular formula is C8H10F3NO3Zn. The fraction of sp³-hybridized carbons (Fsp3) is 0.625. The van der Waals surface area contributed by atoms with Crippen LogP contribution >= 0.6 is 0 Å². The molecule has 0 bridgehead atoms. The summed E-state index contributed by atoms with van der Waals surface area (Å²) in [6.45, 7) is 1.96. The van der Waals surface area contributed by atoms with Crippen LogP contribution in [-0.4, -0.2) is 18.7 Å². The first kappa shape index (κ1) is 17.6. The first-order valence-electron chi connectivity index (χ1n) is 4.20. The monoisotopic (exact) mass is 289 g/mol. The number of aliphatic imine (C=N–C) groups is 1. The zero-order valence-corrected chi connectivity index (χ0v) is 11.7. The number of hydrogen-bond acceptors (Lipinski definition) is 4. The molecule has 0 atom stereocenters. The first-order valence-corrected chi connectivity index (χ1v) is 4.20. The fourth-order valence-electron chi connectivity index (χ4n) is 0.539. The van der Waals surface area contributed by atoms with Crippen LogP contribution in [0, 0.1) is 0 Å². The molecule has 0 aromatic rings. The van der Waals surface area contributed by atoms with Gasteiger partial charge in [-0.05, 0) is 13.0 Å². The second kappa shape index (κ2) is 8.38. The van der Waals surface area contributed by atoms with Crippen molar-refractivity contribution in [1.29, 1.82) is 0 Å². The Kier molecular flexibility index (Phi) is 9.23. The van der Waals surface area contributed by atoms with E-state index in [1.807, 2.05) is 6.92 Å². The fourth-order valence-corrected chi connectivity index (χ4v) is 0.539. The molecule has 0 rings (SSSR count). The summed E-state index contributed by atoms with van der Waals surface area (Å²) in [6.07, 6.45) is -3.44. The number of unbranched alkanes of at least 4 members (excludes halogenated alkanes) is 1. The SMILES string of the molecule is CCCCO/C([O-])=C/N=C([O-])C(F)(F)F.[Zn+2]. The van der Waals surface area contributed by atoms with Crippen molar-refractivity contribution in [3.05, 3.63) is 12.1 Å². The predicted octanol–water partition coefficient (Wildman–Crippen LogP) is 0.281. The van der Waals surface area contributed by atoms with Gasteiger partial charge in [0.15, 0.2) is 0 Å². The molecule has 0 aromatic heterocycles. The first-order chi connectivity index (χ1) is 6.88. The molecule has 88 valence electrons. The smallest absolute Gasteiger partial charge is 0.855 e. The summed E-state index contributed by atoms with van der Waals surface area (Å²) in [5.74, 6) is -3.38. The van der Waals surface area contributed by atoms with Crippen molar-refractivity contribution < 1.29 is 47.6 Å². The number of hydrogen-bond donors (Lipinski definition) is 0. The quantitative estimate of drug-likeness (QED) is 0.240. The molecular weight excluding hydrogens is 280 g/mol. The van der Waals surface area contributed by atoms with Crippen LogP contribution in [0.1, 0.15) is 19.8 Å². The molecule has 4 nitrogen and oxygen atoms in total. The van der Waals surface area contributed by atoms with Gasteiger partial charge in [0.25, 0.3) is 0 Å². The van der Waals surface area contributed by atoms with Crippen LogP contribution in [0.15, 0.2) is 17.1 Å².